The largest absolute Gasteiger partial charge is 0.346 e. The molecule has 1 aliphatic heterocycles. The standard InChI is InChI=1S/C27H37BN4S/c1-5-6-7-8-27(26-11-9-24(10-12-26)20-31-15-17-33-18-16-31)32(21(2)19-28)30-23(4)29-22(3)25-13-14-25/h5-12,25H,1-3,13-20,28H2,4H3,(H,29,30)/b7-6-,27-8-. The van der Waals surface area contributed by atoms with Gasteiger partial charge in [-0.25, -0.2) is 5.01 Å². The van der Waals surface area contributed by atoms with Crippen molar-refractivity contribution in [2.75, 3.05) is 24.6 Å². The molecule has 174 valence electrons. The molecule has 1 N–H and O–H groups in total. The lowest BCUT2D eigenvalue weighted by atomic mass is 10.0. The number of nitrogens with one attached hydrogen (secondary N) is 1. The summed E-state index contributed by atoms with van der Waals surface area (Å²) in [5.41, 5.74) is 5.42. The van der Waals surface area contributed by atoms with Crippen LogP contribution in [0.4, 0.5) is 0 Å². The van der Waals surface area contributed by atoms with Crippen LogP contribution in [0.5, 0.6) is 0 Å². The van der Waals surface area contributed by atoms with E-state index in [1.165, 1.54) is 43.0 Å². The lowest BCUT2D eigenvalue weighted by Crippen LogP contribution is -2.31. The topological polar surface area (TPSA) is 30.9 Å². The van der Waals surface area contributed by atoms with E-state index in [9.17, 15) is 0 Å². The molecule has 6 heteroatoms. The molecule has 1 aliphatic carbocycles. The zero-order valence-electron chi connectivity index (χ0n) is 20.2. The van der Waals surface area contributed by atoms with E-state index >= 15 is 0 Å². The molecule has 0 amide bonds. The van der Waals surface area contributed by atoms with Crippen molar-refractivity contribution in [3.8, 4) is 0 Å². The summed E-state index contributed by atoms with van der Waals surface area (Å²) in [6.45, 7) is 17.6. The fraction of sp³-hybridized carbons (Fsp3) is 0.370. The van der Waals surface area contributed by atoms with Crippen LogP contribution in [0.3, 0.4) is 0 Å². The summed E-state index contributed by atoms with van der Waals surface area (Å²) in [5, 5.41) is 10.2. The fourth-order valence-electron chi connectivity index (χ4n) is 3.70. The van der Waals surface area contributed by atoms with Gasteiger partial charge in [0.1, 0.15) is 13.7 Å². The van der Waals surface area contributed by atoms with E-state index in [4.69, 9.17) is 5.10 Å². The SMILES string of the molecule is BCC(=C)N(/N=C(\C)NC(=C)C1CC1)/C(=C\C=C/C=C)c1ccc(CN2CCSCC2)cc1. The minimum atomic E-state index is 0.578. The molecule has 0 spiro atoms. The second-order valence-electron chi connectivity index (χ2n) is 8.60. The Hall–Kier alpha value is -2.44. The van der Waals surface area contributed by atoms with Crippen molar-refractivity contribution in [2.24, 2.45) is 11.0 Å². The average Bonchev–Trinajstić information content (AvgIpc) is 3.67. The van der Waals surface area contributed by atoms with Gasteiger partial charge in [-0.1, -0.05) is 62.2 Å². The molecule has 0 bridgehead atoms. The number of nitrogens with zero attached hydrogens (tertiary/aromatic N) is 3. The van der Waals surface area contributed by atoms with Gasteiger partial charge in [0.2, 0.25) is 0 Å². The van der Waals surface area contributed by atoms with Gasteiger partial charge >= 0.3 is 0 Å². The third-order valence-corrected chi connectivity index (χ3v) is 6.80. The summed E-state index contributed by atoms with van der Waals surface area (Å²) in [6, 6.07) is 8.86. The van der Waals surface area contributed by atoms with E-state index in [1.54, 1.807) is 6.08 Å². The highest BCUT2D eigenvalue weighted by Gasteiger charge is 2.25. The van der Waals surface area contributed by atoms with Crippen LogP contribution in [0.2, 0.25) is 6.32 Å². The molecule has 1 saturated heterocycles. The van der Waals surface area contributed by atoms with Gasteiger partial charge in [-0.05, 0) is 43.6 Å². The van der Waals surface area contributed by atoms with Gasteiger partial charge in [0.05, 0.1) is 5.70 Å². The average molecular weight is 461 g/mol. The minimum absolute atomic E-state index is 0.578. The third-order valence-electron chi connectivity index (χ3n) is 5.86. The van der Waals surface area contributed by atoms with Gasteiger partial charge in [-0.3, -0.25) is 4.90 Å². The zero-order valence-corrected chi connectivity index (χ0v) is 21.0. The molecule has 33 heavy (non-hydrogen) atoms. The van der Waals surface area contributed by atoms with E-state index in [0.29, 0.717) is 5.92 Å². The van der Waals surface area contributed by atoms with Crippen molar-refractivity contribution < 1.29 is 0 Å². The number of thioether (sulfide) groups is 1. The molecule has 1 aromatic carbocycles. The van der Waals surface area contributed by atoms with Crippen LogP contribution in [-0.2, 0) is 6.54 Å². The number of benzene rings is 1. The quantitative estimate of drug-likeness (QED) is 0.165. The number of amidine groups is 1. The molecule has 4 nitrogen and oxygen atoms in total. The van der Waals surface area contributed by atoms with Crippen LogP contribution >= 0.6 is 11.8 Å². The fourth-order valence-corrected chi connectivity index (χ4v) is 4.68. The van der Waals surface area contributed by atoms with Crippen LogP contribution in [0.15, 0.2) is 84.8 Å². The molecule has 0 radical (unpaired) electrons. The van der Waals surface area contributed by atoms with E-state index in [-0.39, 0.29) is 0 Å². The zero-order chi connectivity index (χ0) is 23.6. The minimum Gasteiger partial charge on any atom is -0.346 e. The number of rotatable bonds is 11. The van der Waals surface area contributed by atoms with E-state index < -0.39 is 0 Å². The maximum atomic E-state index is 4.91. The summed E-state index contributed by atoms with van der Waals surface area (Å²) >= 11 is 2.05. The van der Waals surface area contributed by atoms with Crippen LogP contribution in [-0.4, -0.2) is 48.2 Å². The second-order valence-corrected chi connectivity index (χ2v) is 9.82. The number of allylic oxidation sites excluding steroid dienone is 6. The molecule has 1 heterocycles. The Bertz CT molecular complexity index is 922. The van der Waals surface area contributed by atoms with Crippen LogP contribution < -0.4 is 5.32 Å². The van der Waals surface area contributed by atoms with Crippen LogP contribution in [0.25, 0.3) is 5.70 Å². The summed E-state index contributed by atoms with van der Waals surface area (Å²) in [4.78, 5) is 2.53. The first kappa shape index (κ1) is 25.2. The van der Waals surface area contributed by atoms with Crippen molar-refractivity contribution in [1.29, 1.82) is 0 Å². The predicted octanol–water partition coefficient (Wildman–Crippen LogP) is 5.03. The van der Waals surface area contributed by atoms with Gasteiger partial charge < -0.3 is 5.32 Å². The Labute approximate surface area is 205 Å². The van der Waals surface area contributed by atoms with E-state index in [1.807, 2.05) is 35.8 Å². The highest BCUT2D eigenvalue weighted by molar-refractivity contribution is 7.99. The van der Waals surface area contributed by atoms with Crippen molar-refractivity contribution >= 4 is 31.1 Å². The Morgan fingerprint density at radius 1 is 1.21 bits per heavy atom. The molecule has 0 unspecified atom stereocenters. The van der Waals surface area contributed by atoms with Crippen molar-refractivity contribution in [2.45, 2.75) is 32.6 Å². The van der Waals surface area contributed by atoms with Gasteiger partial charge in [0.25, 0.3) is 0 Å². The summed E-state index contributed by atoms with van der Waals surface area (Å²) in [7, 11) is 2.11. The molecule has 1 aromatic rings. The van der Waals surface area contributed by atoms with Crippen molar-refractivity contribution in [3.05, 3.63) is 90.8 Å². The number of hydrogen-bond acceptors (Lipinski definition) is 4. The van der Waals surface area contributed by atoms with E-state index in [2.05, 4.69) is 68.1 Å². The Morgan fingerprint density at radius 3 is 2.52 bits per heavy atom. The number of hydrogen-bond donors (Lipinski definition) is 1. The maximum Gasteiger partial charge on any atom is 0.124 e. The molecule has 0 atom stereocenters. The lowest BCUT2D eigenvalue weighted by Gasteiger charge is -2.27. The lowest BCUT2D eigenvalue weighted by molar-refractivity contribution is 0.294. The highest BCUT2D eigenvalue weighted by Crippen LogP contribution is 2.34. The highest BCUT2D eigenvalue weighted by atomic mass is 32.2. The first-order valence-electron chi connectivity index (χ1n) is 11.9. The normalized spacial score (nSPS) is 17.7. The molecule has 0 aromatic heterocycles. The number of hydrazone groups is 1. The molecule has 2 aliphatic rings. The van der Waals surface area contributed by atoms with Crippen molar-refractivity contribution in [1.82, 2.24) is 15.2 Å². The summed E-state index contributed by atoms with van der Waals surface area (Å²) < 4.78 is 0. The van der Waals surface area contributed by atoms with Crippen LogP contribution in [0, 0.1) is 5.92 Å². The molecule has 2 fully saturated rings. The Balaban J connectivity index is 1.85. The summed E-state index contributed by atoms with van der Waals surface area (Å²) in [5.74, 6) is 3.86. The van der Waals surface area contributed by atoms with E-state index in [0.717, 1.165) is 41.4 Å². The third kappa shape index (κ3) is 7.83. The summed E-state index contributed by atoms with van der Waals surface area (Å²) in [6.07, 6.45) is 11.0. The molecular formula is C27H37BN4S. The smallest absolute Gasteiger partial charge is 0.124 e. The predicted molar refractivity (Wildman–Crippen MR) is 149 cm³/mol. The molecular weight excluding hydrogens is 423 g/mol. The van der Waals surface area contributed by atoms with Crippen molar-refractivity contribution in [3.63, 3.8) is 0 Å². The Kier molecular flexibility index (Phi) is 9.70. The van der Waals surface area contributed by atoms with Crippen LogP contribution in [0.1, 0.15) is 30.9 Å². The second kappa shape index (κ2) is 12.7. The molecule has 1 saturated carbocycles. The maximum absolute atomic E-state index is 4.91. The first-order valence-corrected chi connectivity index (χ1v) is 13.0. The molecule has 3 rings (SSSR count). The first-order chi connectivity index (χ1) is 16.0. The monoisotopic (exact) mass is 460 g/mol. The van der Waals surface area contributed by atoms with Gasteiger partial charge in [0.15, 0.2) is 0 Å². The van der Waals surface area contributed by atoms with Gasteiger partial charge in [-0.15, -0.1) is 0 Å². The van der Waals surface area contributed by atoms with Gasteiger partial charge in [0, 0.05) is 48.1 Å². The van der Waals surface area contributed by atoms with Gasteiger partial charge in [-0.2, -0.15) is 16.9 Å². The Morgan fingerprint density at radius 2 is 1.91 bits per heavy atom.